The molecule has 1 aromatic rings. The third-order valence-corrected chi connectivity index (χ3v) is 1.94. The summed E-state index contributed by atoms with van der Waals surface area (Å²) < 4.78 is 1.50. The Hall–Kier alpha value is -1.12. The standard InChI is InChI=1S/C9H14N2O/c1-6(2)8-7(3)9(12)11(4)5-10-8/h5-6H,1-4H3. The van der Waals surface area contributed by atoms with Crippen molar-refractivity contribution in [2.45, 2.75) is 26.7 Å². The van der Waals surface area contributed by atoms with Crippen LogP contribution in [0, 0.1) is 6.92 Å². The second-order valence-electron chi connectivity index (χ2n) is 3.33. The Morgan fingerprint density at radius 1 is 1.50 bits per heavy atom. The Bertz CT molecular complexity index is 339. The number of aryl methyl sites for hydroxylation is 1. The van der Waals surface area contributed by atoms with Gasteiger partial charge in [-0.1, -0.05) is 13.8 Å². The molecule has 3 nitrogen and oxygen atoms in total. The summed E-state index contributed by atoms with van der Waals surface area (Å²) in [6.45, 7) is 5.90. The summed E-state index contributed by atoms with van der Waals surface area (Å²) in [5.41, 5.74) is 1.71. The fourth-order valence-electron chi connectivity index (χ4n) is 1.25. The lowest BCUT2D eigenvalue weighted by Gasteiger charge is -2.08. The van der Waals surface area contributed by atoms with E-state index in [0.29, 0.717) is 5.92 Å². The van der Waals surface area contributed by atoms with E-state index in [1.54, 1.807) is 13.4 Å². The number of hydrogen-bond donors (Lipinski definition) is 0. The van der Waals surface area contributed by atoms with Crippen molar-refractivity contribution < 1.29 is 0 Å². The van der Waals surface area contributed by atoms with E-state index < -0.39 is 0 Å². The van der Waals surface area contributed by atoms with Crippen molar-refractivity contribution in [1.82, 2.24) is 9.55 Å². The highest BCUT2D eigenvalue weighted by molar-refractivity contribution is 5.17. The maximum atomic E-state index is 11.4. The average Bonchev–Trinajstić information content (AvgIpc) is 2.00. The first-order valence-corrected chi connectivity index (χ1v) is 4.06. The molecule has 0 N–H and O–H groups in total. The average molecular weight is 166 g/mol. The molecular formula is C9H14N2O. The Morgan fingerprint density at radius 2 is 2.08 bits per heavy atom. The van der Waals surface area contributed by atoms with Crippen LogP contribution < -0.4 is 5.56 Å². The van der Waals surface area contributed by atoms with Gasteiger partial charge in [-0.25, -0.2) is 4.98 Å². The first kappa shape index (κ1) is 8.97. The quantitative estimate of drug-likeness (QED) is 0.628. The Morgan fingerprint density at radius 3 is 2.58 bits per heavy atom. The van der Waals surface area contributed by atoms with Crippen LogP contribution in [0.5, 0.6) is 0 Å². The molecule has 66 valence electrons. The zero-order valence-corrected chi connectivity index (χ0v) is 7.96. The zero-order chi connectivity index (χ0) is 9.30. The second kappa shape index (κ2) is 3.09. The molecule has 0 saturated carbocycles. The van der Waals surface area contributed by atoms with Gasteiger partial charge in [-0.3, -0.25) is 4.79 Å². The van der Waals surface area contributed by atoms with Crippen molar-refractivity contribution in [3.63, 3.8) is 0 Å². The summed E-state index contributed by atoms with van der Waals surface area (Å²) in [5.74, 6) is 0.318. The molecule has 0 amide bonds. The fourth-order valence-corrected chi connectivity index (χ4v) is 1.25. The molecule has 0 saturated heterocycles. The highest BCUT2D eigenvalue weighted by Crippen LogP contribution is 2.11. The normalized spacial score (nSPS) is 10.8. The van der Waals surface area contributed by atoms with Gasteiger partial charge in [0, 0.05) is 12.6 Å². The molecule has 0 fully saturated rings. The summed E-state index contributed by atoms with van der Waals surface area (Å²) >= 11 is 0. The molecule has 0 aliphatic carbocycles. The molecule has 0 aromatic carbocycles. The largest absolute Gasteiger partial charge is 0.302 e. The summed E-state index contributed by atoms with van der Waals surface area (Å²) in [4.78, 5) is 15.6. The lowest BCUT2D eigenvalue weighted by atomic mass is 10.1. The molecule has 0 spiro atoms. The van der Waals surface area contributed by atoms with Crippen LogP contribution in [0.2, 0.25) is 0 Å². The Labute approximate surface area is 72.1 Å². The zero-order valence-electron chi connectivity index (χ0n) is 7.96. The molecule has 12 heavy (non-hydrogen) atoms. The minimum Gasteiger partial charge on any atom is -0.302 e. The van der Waals surface area contributed by atoms with Crippen molar-refractivity contribution in [1.29, 1.82) is 0 Å². The third-order valence-electron chi connectivity index (χ3n) is 1.94. The molecule has 0 bridgehead atoms. The Balaban J connectivity index is 3.37. The molecule has 1 heterocycles. The monoisotopic (exact) mass is 166 g/mol. The van der Waals surface area contributed by atoms with Crippen LogP contribution in [-0.2, 0) is 7.05 Å². The number of rotatable bonds is 1. The van der Waals surface area contributed by atoms with E-state index >= 15 is 0 Å². The van der Waals surface area contributed by atoms with Gasteiger partial charge in [0.1, 0.15) is 0 Å². The van der Waals surface area contributed by atoms with E-state index in [2.05, 4.69) is 4.98 Å². The van der Waals surface area contributed by atoms with E-state index in [4.69, 9.17) is 0 Å². The smallest absolute Gasteiger partial charge is 0.256 e. The van der Waals surface area contributed by atoms with Crippen molar-refractivity contribution in [2.75, 3.05) is 0 Å². The first-order valence-electron chi connectivity index (χ1n) is 4.06. The predicted octanol–water partition coefficient (Wildman–Crippen LogP) is 1.21. The van der Waals surface area contributed by atoms with Crippen LogP contribution in [-0.4, -0.2) is 9.55 Å². The van der Waals surface area contributed by atoms with Gasteiger partial charge in [0.15, 0.2) is 0 Å². The topological polar surface area (TPSA) is 34.9 Å². The Kier molecular flexibility index (Phi) is 2.31. The lowest BCUT2D eigenvalue weighted by molar-refractivity contribution is 0.740. The van der Waals surface area contributed by atoms with Crippen LogP contribution in [0.15, 0.2) is 11.1 Å². The summed E-state index contributed by atoms with van der Waals surface area (Å²) in [6.07, 6.45) is 1.57. The van der Waals surface area contributed by atoms with Crippen molar-refractivity contribution in [3.8, 4) is 0 Å². The lowest BCUT2D eigenvalue weighted by Crippen LogP contribution is -2.22. The van der Waals surface area contributed by atoms with Crippen molar-refractivity contribution in [2.24, 2.45) is 7.05 Å². The molecule has 0 radical (unpaired) electrons. The molecular weight excluding hydrogens is 152 g/mol. The van der Waals surface area contributed by atoms with Crippen LogP contribution in [0.1, 0.15) is 31.0 Å². The van der Waals surface area contributed by atoms with Gasteiger partial charge < -0.3 is 4.57 Å². The summed E-state index contributed by atoms with van der Waals surface area (Å²) in [5, 5.41) is 0. The molecule has 0 aliphatic heterocycles. The molecule has 1 rings (SSSR count). The van der Waals surface area contributed by atoms with Gasteiger partial charge in [-0.2, -0.15) is 0 Å². The molecule has 0 atom stereocenters. The minimum atomic E-state index is 0.0497. The van der Waals surface area contributed by atoms with E-state index in [0.717, 1.165) is 11.3 Å². The highest BCUT2D eigenvalue weighted by atomic mass is 16.1. The van der Waals surface area contributed by atoms with E-state index in [-0.39, 0.29) is 5.56 Å². The van der Waals surface area contributed by atoms with Gasteiger partial charge in [0.2, 0.25) is 0 Å². The number of aromatic nitrogens is 2. The molecule has 3 heteroatoms. The number of nitrogens with zero attached hydrogens (tertiary/aromatic N) is 2. The summed E-state index contributed by atoms with van der Waals surface area (Å²) in [7, 11) is 1.71. The van der Waals surface area contributed by atoms with Crippen LogP contribution in [0.3, 0.4) is 0 Å². The van der Waals surface area contributed by atoms with Crippen molar-refractivity contribution >= 4 is 0 Å². The third kappa shape index (κ3) is 1.40. The van der Waals surface area contributed by atoms with Gasteiger partial charge in [0.25, 0.3) is 5.56 Å². The van der Waals surface area contributed by atoms with Crippen molar-refractivity contribution in [3.05, 3.63) is 27.9 Å². The van der Waals surface area contributed by atoms with E-state index in [1.165, 1.54) is 4.57 Å². The molecule has 0 unspecified atom stereocenters. The van der Waals surface area contributed by atoms with Crippen LogP contribution in [0.25, 0.3) is 0 Å². The van der Waals surface area contributed by atoms with Gasteiger partial charge in [-0.05, 0) is 12.8 Å². The fraction of sp³-hybridized carbons (Fsp3) is 0.556. The van der Waals surface area contributed by atoms with Gasteiger partial charge in [0.05, 0.1) is 12.0 Å². The van der Waals surface area contributed by atoms with Gasteiger partial charge >= 0.3 is 0 Å². The van der Waals surface area contributed by atoms with E-state index in [1.807, 2.05) is 20.8 Å². The minimum absolute atomic E-state index is 0.0497. The predicted molar refractivity (Wildman–Crippen MR) is 48.3 cm³/mol. The highest BCUT2D eigenvalue weighted by Gasteiger charge is 2.08. The first-order chi connectivity index (χ1) is 5.54. The summed E-state index contributed by atoms with van der Waals surface area (Å²) in [6, 6.07) is 0. The SMILES string of the molecule is Cc1c(C(C)C)ncn(C)c1=O. The maximum absolute atomic E-state index is 11.4. The maximum Gasteiger partial charge on any atom is 0.256 e. The van der Waals surface area contributed by atoms with E-state index in [9.17, 15) is 4.79 Å². The molecule has 1 aromatic heterocycles. The molecule has 0 aliphatic rings. The van der Waals surface area contributed by atoms with Gasteiger partial charge in [-0.15, -0.1) is 0 Å². The number of hydrogen-bond acceptors (Lipinski definition) is 2. The van der Waals surface area contributed by atoms with Crippen LogP contribution >= 0.6 is 0 Å². The van der Waals surface area contributed by atoms with Crippen LogP contribution in [0.4, 0.5) is 0 Å². The second-order valence-corrected chi connectivity index (χ2v) is 3.33.